The van der Waals surface area contributed by atoms with Crippen LogP contribution in [0.2, 0.25) is 0 Å². The van der Waals surface area contributed by atoms with E-state index in [2.05, 4.69) is 12.1 Å². The van der Waals surface area contributed by atoms with Gasteiger partial charge in [-0.1, -0.05) is 36.9 Å². The molecule has 2 nitrogen and oxygen atoms in total. The van der Waals surface area contributed by atoms with Crippen molar-refractivity contribution in [3.05, 3.63) is 42.5 Å². The number of hydrogen-bond donors (Lipinski definition) is 1. The fourth-order valence-electron chi connectivity index (χ4n) is 0.858. The van der Waals surface area contributed by atoms with Crippen LogP contribution in [0.3, 0.4) is 0 Å². The Morgan fingerprint density at radius 3 is 2.67 bits per heavy atom. The minimum absolute atomic E-state index is 0.631. The van der Waals surface area contributed by atoms with Crippen LogP contribution in [0.5, 0.6) is 0 Å². The van der Waals surface area contributed by atoms with E-state index in [0.717, 1.165) is 11.3 Å². The molecule has 1 rings (SSSR count). The molecule has 0 saturated carbocycles. The molecule has 0 atom stereocenters. The Kier molecular flexibility index (Phi) is 3.35. The Morgan fingerprint density at radius 1 is 1.42 bits per heavy atom. The maximum absolute atomic E-state index is 5.00. The minimum atomic E-state index is 0.631. The van der Waals surface area contributed by atoms with Crippen LogP contribution in [0.4, 0.5) is 0 Å². The van der Waals surface area contributed by atoms with Crippen LogP contribution < -0.4 is 5.48 Å². The predicted molar refractivity (Wildman–Crippen MR) is 50.2 cm³/mol. The van der Waals surface area contributed by atoms with E-state index in [1.54, 1.807) is 0 Å². The fraction of sp³-hybridized carbons (Fsp3) is 0.200. The first-order valence-corrected chi connectivity index (χ1v) is 3.96. The molecule has 1 N–H and O–H groups in total. The van der Waals surface area contributed by atoms with E-state index in [9.17, 15) is 0 Å². The first kappa shape index (κ1) is 8.81. The highest BCUT2D eigenvalue weighted by Gasteiger charge is 1.94. The van der Waals surface area contributed by atoms with E-state index in [4.69, 9.17) is 4.84 Å². The molecule has 0 unspecified atom stereocenters. The molecular weight excluding hydrogens is 150 g/mol. The molecule has 1 aromatic rings. The van der Waals surface area contributed by atoms with Crippen LogP contribution in [0, 0.1) is 0 Å². The van der Waals surface area contributed by atoms with E-state index in [-0.39, 0.29) is 0 Å². The number of hydroxylamine groups is 1. The summed E-state index contributed by atoms with van der Waals surface area (Å²) in [5.41, 5.74) is 4.59. The second kappa shape index (κ2) is 4.57. The maximum atomic E-state index is 5.00. The van der Waals surface area contributed by atoms with E-state index >= 15 is 0 Å². The molecule has 64 valence electrons. The summed E-state index contributed by atoms with van der Waals surface area (Å²) in [7, 11) is 0. The molecule has 0 amide bonds. The van der Waals surface area contributed by atoms with Gasteiger partial charge in [0, 0.05) is 0 Å². The molecule has 0 aliphatic rings. The summed E-state index contributed by atoms with van der Waals surface area (Å²) in [6.45, 7) is 6.38. The zero-order valence-electron chi connectivity index (χ0n) is 7.21. The van der Waals surface area contributed by atoms with Crippen molar-refractivity contribution in [1.82, 2.24) is 5.48 Å². The third-order valence-corrected chi connectivity index (χ3v) is 1.46. The van der Waals surface area contributed by atoms with Crippen molar-refractivity contribution in [3.8, 4) is 0 Å². The Labute approximate surface area is 72.8 Å². The molecule has 0 aromatic heterocycles. The van der Waals surface area contributed by atoms with Crippen molar-refractivity contribution in [3.63, 3.8) is 0 Å². The first-order chi connectivity index (χ1) is 5.84. The van der Waals surface area contributed by atoms with Crippen molar-refractivity contribution in [2.75, 3.05) is 6.61 Å². The lowest BCUT2D eigenvalue weighted by atomic mass is 10.2. The average molecular weight is 163 g/mol. The molecule has 0 fully saturated rings. The van der Waals surface area contributed by atoms with Crippen molar-refractivity contribution < 1.29 is 4.84 Å². The van der Waals surface area contributed by atoms with Crippen LogP contribution in [-0.2, 0) is 4.84 Å². The van der Waals surface area contributed by atoms with Crippen molar-refractivity contribution >= 4 is 5.70 Å². The molecule has 1 aromatic carbocycles. The van der Waals surface area contributed by atoms with Crippen molar-refractivity contribution in [2.24, 2.45) is 0 Å². The summed E-state index contributed by atoms with van der Waals surface area (Å²) >= 11 is 0. The van der Waals surface area contributed by atoms with Crippen LogP contribution in [0.1, 0.15) is 12.5 Å². The van der Waals surface area contributed by atoms with Crippen LogP contribution in [-0.4, -0.2) is 6.61 Å². The van der Waals surface area contributed by atoms with E-state index in [1.807, 2.05) is 37.3 Å². The molecule has 2 heteroatoms. The summed E-state index contributed by atoms with van der Waals surface area (Å²) in [6.07, 6.45) is 0. The zero-order valence-corrected chi connectivity index (χ0v) is 7.21. The van der Waals surface area contributed by atoms with Gasteiger partial charge in [0.1, 0.15) is 0 Å². The van der Waals surface area contributed by atoms with Crippen LogP contribution in [0.25, 0.3) is 5.70 Å². The van der Waals surface area contributed by atoms with Gasteiger partial charge < -0.3 is 0 Å². The predicted octanol–water partition coefficient (Wildman–Crippen LogP) is 2.20. The smallest absolute Gasteiger partial charge is 0.0717 e. The highest BCUT2D eigenvalue weighted by Crippen LogP contribution is 2.07. The second-order valence-corrected chi connectivity index (χ2v) is 2.38. The first-order valence-electron chi connectivity index (χ1n) is 3.96. The normalized spacial score (nSPS) is 9.42. The minimum Gasteiger partial charge on any atom is -0.276 e. The van der Waals surface area contributed by atoms with Gasteiger partial charge >= 0.3 is 0 Å². The lowest BCUT2D eigenvalue weighted by Gasteiger charge is -2.07. The number of hydrogen-bond acceptors (Lipinski definition) is 2. The van der Waals surface area contributed by atoms with E-state index in [1.165, 1.54) is 0 Å². The van der Waals surface area contributed by atoms with Gasteiger partial charge in [-0.05, 0) is 12.5 Å². The lowest BCUT2D eigenvalue weighted by Crippen LogP contribution is -2.11. The third-order valence-electron chi connectivity index (χ3n) is 1.46. The van der Waals surface area contributed by atoms with Gasteiger partial charge in [-0.15, -0.1) is 0 Å². The average Bonchev–Trinajstić information content (AvgIpc) is 2.15. The van der Waals surface area contributed by atoms with Crippen molar-refractivity contribution in [1.29, 1.82) is 0 Å². The lowest BCUT2D eigenvalue weighted by molar-refractivity contribution is 0.0901. The topological polar surface area (TPSA) is 21.3 Å². The summed E-state index contributed by atoms with van der Waals surface area (Å²) < 4.78 is 0. The molecule has 0 spiro atoms. The van der Waals surface area contributed by atoms with E-state index < -0.39 is 0 Å². The van der Waals surface area contributed by atoms with Crippen molar-refractivity contribution in [2.45, 2.75) is 6.92 Å². The maximum Gasteiger partial charge on any atom is 0.0717 e. The number of benzene rings is 1. The van der Waals surface area contributed by atoms with Gasteiger partial charge in [0.2, 0.25) is 0 Å². The molecule has 0 aliphatic heterocycles. The van der Waals surface area contributed by atoms with Crippen LogP contribution >= 0.6 is 0 Å². The monoisotopic (exact) mass is 163 g/mol. The summed E-state index contributed by atoms with van der Waals surface area (Å²) in [5.74, 6) is 0. The molecule has 0 heterocycles. The Hall–Kier alpha value is -1.28. The molecular formula is C10H13NO. The SMILES string of the molecule is C=C(NOCC)c1ccccc1. The third kappa shape index (κ3) is 2.40. The second-order valence-electron chi connectivity index (χ2n) is 2.38. The Balaban J connectivity index is 2.54. The zero-order chi connectivity index (χ0) is 8.81. The van der Waals surface area contributed by atoms with Gasteiger partial charge in [0.25, 0.3) is 0 Å². The van der Waals surface area contributed by atoms with Gasteiger partial charge in [0.05, 0.1) is 12.3 Å². The molecule has 0 aliphatic carbocycles. The number of rotatable bonds is 4. The molecule has 0 bridgehead atoms. The summed E-state index contributed by atoms with van der Waals surface area (Å²) in [4.78, 5) is 5.00. The fourth-order valence-corrected chi connectivity index (χ4v) is 0.858. The molecule has 0 saturated heterocycles. The molecule has 0 radical (unpaired) electrons. The van der Waals surface area contributed by atoms with Gasteiger partial charge in [-0.25, -0.2) is 0 Å². The highest BCUT2D eigenvalue weighted by molar-refractivity contribution is 5.60. The largest absolute Gasteiger partial charge is 0.276 e. The van der Waals surface area contributed by atoms with Gasteiger partial charge in [-0.3, -0.25) is 10.3 Å². The summed E-state index contributed by atoms with van der Waals surface area (Å²) in [6, 6.07) is 9.86. The van der Waals surface area contributed by atoms with Gasteiger partial charge in [0.15, 0.2) is 0 Å². The molecule has 12 heavy (non-hydrogen) atoms. The van der Waals surface area contributed by atoms with Crippen LogP contribution in [0.15, 0.2) is 36.9 Å². The number of nitrogens with one attached hydrogen (secondary N) is 1. The van der Waals surface area contributed by atoms with Gasteiger partial charge in [-0.2, -0.15) is 0 Å². The quantitative estimate of drug-likeness (QED) is 0.687. The van der Waals surface area contributed by atoms with E-state index in [0.29, 0.717) is 6.61 Å². The highest BCUT2D eigenvalue weighted by atomic mass is 16.6. The standard InChI is InChI=1S/C10H13NO/c1-3-12-11-9(2)10-7-5-4-6-8-10/h4-8,11H,2-3H2,1H3. The summed E-state index contributed by atoms with van der Waals surface area (Å²) in [5, 5.41) is 0. The Morgan fingerprint density at radius 2 is 2.08 bits per heavy atom. The Bertz CT molecular complexity index is 243.